The fourth-order valence-electron chi connectivity index (χ4n) is 3.06. The Labute approximate surface area is 149 Å². The van der Waals surface area contributed by atoms with E-state index in [0.29, 0.717) is 24.5 Å². The first-order valence-electron chi connectivity index (χ1n) is 8.21. The van der Waals surface area contributed by atoms with Crippen LogP contribution in [0.3, 0.4) is 0 Å². The zero-order chi connectivity index (χ0) is 17.4. The summed E-state index contributed by atoms with van der Waals surface area (Å²) in [6.45, 7) is 3.18. The highest BCUT2D eigenvalue weighted by Gasteiger charge is 2.33. The second-order valence-corrected chi connectivity index (χ2v) is 6.98. The van der Waals surface area contributed by atoms with Crippen molar-refractivity contribution in [1.82, 2.24) is 19.6 Å². The van der Waals surface area contributed by atoms with Gasteiger partial charge in [0.2, 0.25) is 0 Å². The van der Waals surface area contributed by atoms with Gasteiger partial charge >= 0.3 is 0 Å². The van der Waals surface area contributed by atoms with Gasteiger partial charge in [-0.05, 0) is 48.6 Å². The highest BCUT2D eigenvalue weighted by atomic mass is 32.1. The molecule has 1 atom stereocenters. The van der Waals surface area contributed by atoms with E-state index in [1.54, 1.807) is 16.3 Å². The Hall–Kier alpha value is -2.67. The largest absolute Gasteiger partial charge is 0.351 e. The van der Waals surface area contributed by atoms with E-state index in [1.807, 2.05) is 31.2 Å². The molecule has 0 aliphatic carbocycles. The number of amides is 2. The molecule has 2 N–H and O–H groups in total. The van der Waals surface area contributed by atoms with Crippen molar-refractivity contribution in [2.75, 3.05) is 13.1 Å². The van der Waals surface area contributed by atoms with Crippen molar-refractivity contribution >= 4 is 34.2 Å². The molecule has 4 rings (SSSR count). The molecule has 2 aromatic heterocycles. The Balaban J connectivity index is 1.42. The van der Waals surface area contributed by atoms with Crippen LogP contribution in [0.4, 0.5) is 0 Å². The maximum Gasteiger partial charge on any atom is 0.271 e. The van der Waals surface area contributed by atoms with Crippen molar-refractivity contribution < 1.29 is 9.59 Å². The van der Waals surface area contributed by atoms with Gasteiger partial charge in [0, 0.05) is 29.4 Å². The lowest BCUT2D eigenvalue weighted by atomic mass is 10.0. The Bertz CT molecular complexity index is 932. The lowest BCUT2D eigenvalue weighted by molar-refractivity contribution is 0.0450. The molecule has 3 aromatic rings. The number of likely N-dealkylation sites (tertiary alicyclic amines) is 1. The second-order valence-electron chi connectivity index (χ2n) is 6.31. The van der Waals surface area contributed by atoms with E-state index in [-0.39, 0.29) is 17.9 Å². The average Bonchev–Trinajstić information content (AvgIpc) is 3.22. The van der Waals surface area contributed by atoms with Gasteiger partial charge in [-0.1, -0.05) is 12.1 Å². The Kier molecular flexibility index (Phi) is 4.01. The average molecular weight is 354 g/mol. The number of fused-ring (bicyclic) bond motifs is 1. The number of rotatable bonds is 4. The number of H-pyrrole nitrogens is 1. The van der Waals surface area contributed by atoms with E-state index >= 15 is 0 Å². The number of aryl methyl sites for hydroxylation is 1. The summed E-state index contributed by atoms with van der Waals surface area (Å²) in [6, 6.07) is 9.69. The summed E-state index contributed by atoms with van der Waals surface area (Å²) < 4.78 is 4.02. The predicted octanol–water partition coefficient (Wildman–Crippen LogP) is 2.58. The highest BCUT2D eigenvalue weighted by molar-refractivity contribution is 7.03. The Morgan fingerprint density at radius 2 is 2.24 bits per heavy atom. The van der Waals surface area contributed by atoms with Gasteiger partial charge in [0.1, 0.15) is 11.4 Å². The van der Waals surface area contributed by atoms with Crippen molar-refractivity contribution in [3.8, 4) is 0 Å². The molecule has 1 fully saturated rings. The highest BCUT2D eigenvalue weighted by Crippen LogP contribution is 2.23. The van der Waals surface area contributed by atoms with E-state index in [4.69, 9.17) is 0 Å². The van der Waals surface area contributed by atoms with Crippen LogP contribution in [0.5, 0.6) is 0 Å². The predicted molar refractivity (Wildman–Crippen MR) is 96.9 cm³/mol. The summed E-state index contributed by atoms with van der Waals surface area (Å²) in [5, 5.41) is 5.66. The van der Waals surface area contributed by atoms with Gasteiger partial charge < -0.3 is 15.2 Å². The maximum absolute atomic E-state index is 12.7. The maximum atomic E-state index is 12.7. The van der Waals surface area contributed by atoms with Crippen LogP contribution in [0, 0.1) is 6.92 Å². The molecule has 0 spiro atoms. The number of benzene rings is 1. The SMILES string of the molecule is Cc1ccc2cc(C(=O)N3CCC3CNC(=O)c3ccsn3)[nH]c2c1. The molecule has 1 unspecified atom stereocenters. The molecule has 0 radical (unpaired) electrons. The van der Waals surface area contributed by atoms with Crippen LogP contribution in [-0.4, -0.2) is 45.2 Å². The molecule has 2 amide bonds. The van der Waals surface area contributed by atoms with Gasteiger partial charge in [0.15, 0.2) is 0 Å². The summed E-state index contributed by atoms with van der Waals surface area (Å²) >= 11 is 1.25. The molecule has 1 aliphatic heterocycles. The van der Waals surface area contributed by atoms with Crippen LogP contribution in [0.15, 0.2) is 35.7 Å². The van der Waals surface area contributed by atoms with Gasteiger partial charge in [-0.15, -0.1) is 0 Å². The lowest BCUT2D eigenvalue weighted by Crippen LogP contribution is -2.56. The lowest BCUT2D eigenvalue weighted by Gasteiger charge is -2.40. The first-order valence-corrected chi connectivity index (χ1v) is 9.04. The third-order valence-corrected chi connectivity index (χ3v) is 5.14. The molecule has 0 bridgehead atoms. The molecule has 1 aromatic carbocycles. The summed E-state index contributed by atoms with van der Waals surface area (Å²) in [5.41, 5.74) is 3.14. The van der Waals surface area contributed by atoms with E-state index in [1.165, 1.54) is 11.5 Å². The second kappa shape index (κ2) is 6.33. The number of nitrogens with zero attached hydrogens (tertiary/aromatic N) is 2. The molecular formula is C18H18N4O2S. The van der Waals surface area contributed by atoms with E-state index in [0.717, 1.165) is 22.9 Å². The van der Waals surface area contributed by atoms with Gasteiger partial charge in [0.25, 0.3) is 11.8 Å². The van der Waals surface area contributed by atoms with Crippen LogP contribution in [0.1, 0.15) is 33.0 Å². The minimum absolute atomic E-state index is 0.0204. The molecular weight excluding hydrogens is 336 g/mol. The minimum atomic E-state index is -0.193. The first kappa shape index (κ1) is 15.8. The number of carbonyl (C=O) groups excluding carboxylic acids is 2. The first-order chi connectivity index (χ1) is 12.1. The number of hydrogen-bond acceptors (Lipinski definition) is 4. The van der Waals surface area contributed by atoms with Crippen molar-refractivity contribution in [3.05, 3.63) is 52.7 Å². The van der Waals surface area contributed by atoms with E-state index < -0.39 is 0 Å². The fraction of sp³-hybridized carbons (Fsp3) is 0.278. The standard InChI is InChI=1S/C18H18N4O2S/c1-11-2-3-12-9-16(20-15(12)8-11)18(24)22-6-4-13(22)10-19-17(23)14-5-7-25-21-14/h2-3,5,7-9,13,20H,4,6,10H2,1H3,(H,19,23). The fourth-order valence-corrected chi connectivity index (χ4v) is 3.57. The molecule has 25 heavy (non-hydrogen) atoms. The molecule has 6 nitrogen and oxygen atoms in total. The Morgan fingerprint density at radius 3 is 2.96 bits per heavy atom. The van der Waals surface area contributed by atoms with Gasteiger partial charge in [-0.2, -0.15) is 4.37 Å². The molecule has 1 aliphatic rings. The van der Waals surface area contributed by atoms with E-state index in [9.17, 15) is 9.59 Å². The number of aromatic nitrogens is 2. The van der Waals surface area contributed by atoms with Crippen LogP contribution in [0.25, 0.3) is 10.9 Å². The number of hydrogen-bond donors (Lipinski definition) is 2. The van der Waals surface area contributed by atoms with Gasteiger partial charge in [0.05, 0.1) is 6.04 Å². The molecule has 0 saturated carbocycles. The summed E-state index contributed by atoms with van der Waals surface area (Å²) in [4.78, 5) is 29.7. The topological polar surface area (TPSA) is 78.1 Å². The quantitative estimate of drug-likeness (QED) is 0.756. The summed E-state index contributed by atoms with van der Waals surface area (Å²) in [7, 11) is 0. The molecule has 128 valence electrons. The van der Waals surface area contributed by atoms with Gasteiger partial charge in [-0.25, -0.2) is 0 Å². The van der Waals surface area contributed by atoms with Crippen molar-refractivity contribution in [2.24, 2.45) is 0 Å². The van der Waals surface area contributed by atoms with E-state index in [2.05, 4.69) is 14.7 Å². The smallest absolute Gasteiger partial charge is 0.271 e. The van der Waals surface area contributed by atoms with Crippen LogP contribution >= 0.6 is 11.5 Å². The molecule has 1 saturated heterocycles. The van der Waals surface area contributed by atoms with Crippen LogP contribution in [0.2, 0.25) is 0 Å². The minimum Gasteiger partial charge on any atom is -0.351 e. The third-order valence-electron chi connectivity index (χ3n) is 4.58. The zero-order valence-corrected chi connectivity index (χ0v) is 14.6. The number of nitrogens with one attached hydrogen (secondary N) is 2. The van der Waals surface area contributed by atoms with Crippen LogP contribution in [-0.2, 0) is 0 Å². The normalized spacial score (nSPS) is 16.7. The molecule has 7 heteroatoms. The third kappa shape index (κ3) is 3.02. The Morgan fingerprint density at radius 1 is 1.36 bits per heavy atom. The van der Waals surface area contributed by atoms with Crippen molar-refractivity contribution in [3.63, 3.8) is 0 Å². The number of aromatic amines is 1. The number of carbonyl (C=O) groups is 2. The van der Waals surface area contributed by atoms with Gasteiger partial charge in [-0.3, -0.25) is 9.59 Å². The van der Waals surface area contributed by atoms with Crippen molar-refractivity contribution in [2.45, 2.75) is 19.4 Å². The molecule has 3 heterocycles. The van der Waals surface area contributed by atoms with Crippen LogP contribution < -0.4 is 5.32 Å². The van der Waals surface area contributed by atoms with Crippen molar-refractivity contribution in [1.29, 1.82) is 0 Å². The summed E-state index contributed by atoms with van der Waals surface area (Å²) in [6.07, 6.45) is 0.891. The monoisotopic (exact) mass is 354 g/mol. The zero-order valence-electron chi connectivity index (χ0n) is 13.8. The summed E-state index contributed by atoms with van der Waals surface area (Å²) in [5.74, 6) is -0.213.